The van der Waals surface area contributed by atoms with E-state index < -0.39 is 4.92 Å². The van der Waals surface area contributed by atoms with Gasteiger partial charge in [0.05, 0.1) is 9.95 Å². The van der Waals surface area contributed by atoms with Crippen molar-refractivity contribution in [3.05, 3.63) is 27.4 Å². The molecule has 1 aliphatic heterocycles. The van der Waals surface area contributed by atoms with Gasteiger partial charge in [-0.15, -0.1) is 0 Å². The topological polar surface area (TPSA) is 59.3 Å². The first kappa shape index (κ1) is 12.4. The third-order valence-electron chi connectivity index (χ3n) is 2.56. The zero-order valence-corrected chi connectivity index (χ0v) is 10.9. The molecule has 1 saturated heterocycles. The average Bonchev–Trinajstić information content (AvgIpc) is 2.28. The van der Waals surface area contributed by atoms with Crippen molar-refractivity contribution in [2.45, 2.75) is 12.2 Å². The summed E-state index contributed by atoms with van der Waals surface area (Å²) in [5.41, 5.74) is -0.0711. The molecule has 0 bridgehead atoms. The smallest absolute Gasteiger partial charge is 0.289 e. The minimum atomic E-state index is -0.489. The van der Waals surface area contributed by atoms with Gasteiger partial charge in [0, 0.05) is 30.2 Å². The number of pyridine rings is 1. The van der Waals surface area contributed by atoms with Gasteiger partial charge >= 0.3 is 0 Å². The summed E-state index contributed by atoms with van der Waals surface area (Å²) in [6.45, 7) is 3.89. The molecule has 2 rings (SSSR count). The predicted octanol–water partition coefficient (Wildman–Crippen LogP) is 2.58. The van der Waals surface area contributed by atoms with Gasteiger partial charge in [0.1, 0.15) is 12.0 Å². The minimum absolute atomic E-state index is 0.0711. The number of thioether (sulfide) groups is 1. The van der Waals surface area contributed by atoms with Gasteiger partial charge in [-0.3, -0.25) is 10.1 Å². The molecule has 5 nitrogen and oxygen atoms in total. The molecule has 1 aromatic heterocycles. The van der Waals surface area contributed by atoms with Gasteiger partial charge in [-0.1, -0.05) is 18.5 Å². The number of aromatic nitrogens is 1. The van der Waals surface area contributed by atoms with E-state index in [0.29, 0.717) is 16.1 Å². The molecule has 0 saturated carbocycles. The fourth-order valence-electron chi connectivity index (χ4n) is 1.76. The Labute approximate surface area is 108 Å². The van der Waals surface area contributed by atoms with E-state index in [0.717, 1.165) is 18.8 Å². The van der Waals surface area contributed by atoms with Gasteiger partial charge in [0.2, 0.25) is 0 Å². The highest BCUT2D eigenvalue weighted by molar-refractivity contribution is 8.00. The number of nitro groups is 1. The van der Waals surface area contributed by atoms with Gasteiger partial charge in [-0.2, -0.15) is 11.8 Å². The van der Waals surface area contributed by atoms with Crippen LogP contribution in [-0.2, 0) is 0 Å². The fraction of sp³-hybridized carbons (Fsp3) is 0.500. The Morgan fingerprint density at radius 3 is 3.06 bits per heavy atom. The second-order valence-electron chi connectivity index (χ2n) is 3.88. The highest BCUT2D eigenvalue weighted by Crippen LogP contribution is 2.30. The summed E-state index contributed by atoms with van der Waals surface area (Å²) in [4.78, 5) is 16.3. The molecule has 0 amide bonds. The Bertz CT molecular complexity index is 444. The van der Waals surface area contributed by atoms with Gasteiger partial charge < -0.3 is 4.90 Å². The molecule has 0 aromatic carbocycles. The third kappa shape index (κ3) is 2.81. The zero-order chi connectivity index (χ0) is 12.4. The molecule has 2 heterocycles. The summed E-state index contributed by atoms with van der Waals surface area (Å²) in [5, 5.41) is 11.5. The van der Waals surface area contributed by atoms with E-state index in [1.807, 2.05) is 11.8 Å². The molecule has 1 fully saturated rings. The number of hydrogen-bond acceptors (Lipinski definition) is 5. The largest absolute Gasteiger partial charge is 0.353 e. The lowest BCUT2D eigenvalue weighted by atomic mass is 10.3. The maximum atomic E-state index is 10.6. The van der Waals surface area contributed by atoms with Crippen LogP contribution in [0.3, 0.4) is 0 Å². The highest BCUT2D eigenvalue weighted by atomic mass is 35.5. The quantitative estimate of drug-likeness (QED) is 0.612. The fourth-order valence-corrected chi connectivity index (χ4v) is 3.06. The molecule has 0 spiro atoms. The summed E-state index contributed by atoms with van der Waals surface area (Å²) in [5.74, 6) is 1.67. The second-order valence-corrected chi connectivity index (χ2v) is 5.84. The first-order valence-corrected chi connectivity index (χ1v) is 6.67. The van der Waals surface area contributed by atoms with Crippen molar-refractivity contribution in [3.63, 3.8) is 0 Å². The Balaban J connectivity index is 2.23. The van der Waals surface area contributed by atoms with E-state index >= 15 is 0 Å². The lowest BCUT2D eigenvalue weighted by Crippen LogP contribution is -2.37. The van der Waals surface area contributed by atoms with E-state index in [1.165, 1.54) is 12.3 Å². The van der Waals surface area contributed by atoms with Crippen LogP contribution in [0.25, 0.3) is 0 Å². The summed E-state index contributed by atoms with van der Waals surface area (Å²) in [6.07, 6.45) is 1.26. The number of halogens is 1. The molecular formula is C10H12ClN3O2S. The van der Waals surface area contributed by atoms with Gasteiger partial charge in [0.25, 0.3) is 5.69 Å². The molecule has 1 atom stereocenters. The van der Waals surface area contributed by atoms with Gasteiger partial charge in [0.15, 0.2) is 0 Å². The van der Waals surface area contributed by atoms with Crippen LogP contribution in [0.15, 0.2) is 12.3 Å². The van der Waals surface area contributed by atoms with Crippen LogP contribution in [0.5, 0.6) is 0 Å². The third-order valence-corrected chi connectivity index (χ3v) is 3.97. The van der Waals surface area contributed by atoms with Crippen LogP contribution < -0.4 is 4.90 Å². The van der Waals surface area contributed by atoms with Crippen LogP contribution >= 0.6 is 23.4 Å². The van der Waals surface area contributed by atoms with Crippen molar-refractivity contribution in [1.82, 2.24) is 4.98 Å². The van der Waals surface area contributed by atoms with Gasteiger partial charge in [-0.25, -0.2) is 4.98 Å². The van der Waals surface area contributed by atoms with Crippen LogP contribution in [0.2, 0.25) is 5.02 Å². The first-order valence-electron chi connectivity index (χ1n) is 5.24. The molecule has 1 aliphatic rings. The maximum absolute atomic E-state index is 10.6. The molecule has 0 aliphatic carbocycles. The molecule has 0 radical (unpaired) electrons. The van der Waals surface area contributed by atoms with E-state index in [-0.39, 0.29) is 5.69 Å². The van der Waals surface area contributed by atoms with Crippen molar-refractivity contribution in [2.24, 2.45) is 0 Å². The van der Waals surface area contributed by atoms with Crippen molar-refractivity contribution >= 4 is 34.9 Å². The monoisotopic (exact) mass is 273 g/mol. The number of nitrogens with zero attached hydrogens (tertiary/aromatic N) is 3. The van der Waals surface area contributed by atoms with Crippen molar-refractivity contribution in [1.29, 1.82) is 0 Å². The van der Waals surface area contributed by atoms with E-state index in [9.17, 15) is 10.1 Å². The van der Waals surface area contributed by atoms with Crippen LogP contribution in [0.1, 0.15) is 6.92 Å². The summed E-state index contributed by atoms with van der Waals surface area (Å²) >= 11 is 7.95. The van der Waals surface area contributed by atoms with Crippen molar-refractivity contribution in [3.8, 4) is 0 Å². The van der Waals surface area contributed by atoms with Crippen LogP contribution in [0, 0.1) is 10.1 Å². The Hall–Kier alpha value is -1.01. The highest BCUT2D eigenvalue weighted by Gasteiger charge is 2.21. The molecule has 17 heavy (non-hydrogen) atoms. The maximum Gasteiger partial charge on any atom is 0.289 e. The minimum Gasteiger partial charge on any atom is -0.353 e. The van der Waals surface area contributed by atoms with E-state index in [1.54, 1.807) is 0 Å². The predicted molar refractivity (Wildman–Crippen MR) is 70.0 cm³/mol. The Kier molecular flexibility index (Phi) is 3.73. The average molecular weight is 274 g/mol. The van der Waals surface area contributed by atoms with Gasteiger partial charge in [-0.05, 0) is 0 Å². The number of hydrogen-bond donors (Lipinski definition) is 0. The Morgan fingerprint density at radius 1 is 1.71 bits per heavy atom. The summed E-state index contributed by atoms with van der Waals surface area (Å²) in [6, 6.07) is 1.36. The van der Waals surface area contributed by atoms with Crippen LogP contribution in [0.4, 0.5) is 11.5 Å². The molecule has 0 unspecified atom stereocenters. The first-order chi connectivity index (χ1) is 8.08. The Morgan fingerprint density at radius 2 is 2.47 bits per heavy atom. The number of rotatable bonds is 2. The van der Waals surface area contributed by atoms with Crippen LogP contribution in [-0.4, -0.2) is 34.0 Å². The molecule has 7 heteroatoms. The van der Waals surface area contributed by atoms with Crippen molar-refractivity contribution < 1.29 is 4.92 Å². The summed E-state index contributed by atoms with van der Waals surface area (Å²) in [7, 11) is 0. The number of anilines is 1. The van der Waals surface area contributed by atoms with E-state index in [4.69, 9.17) is 11.6 Å². The second kappa shape index (κ2) is 5.10. The zero-order valence-electron chi connectivity index (χ0n) is 9.30. The summed E-state index contributed by atoms with van der Waals surface area (Å²) < 4.78 is 0. The molecule has 92 valence electrons. The lowest BCUT2D eigenvalue weighted by molar-refractivity contribution is -0.385. The SMILES string of the molecule is C[C@H]1CN(c2ncc([N+](=O)[O-])cc2Cl)CCS1. The van der Waals surface area contributed by atoms with E-state index in [2.05, 4.69) is 16.8 Å². The molecule has 1 aromatic rings. The standard InChI is InChI=1S/C10H12ClN3O2S/c1-7-6-13(2-3-17-7)10-9(11)4-8(5-12-10)14(15)16/h4-5,7H,2-3,6H2,1H3/t7-/m0/s1. The normalized spacial score (nSPS) is 20.4. The van der Waals surface area contributed by atoms with Crippen molar-refractivity contribution in [2.75, 3.05) is 23.7 Å². The molecular weight excluding hydrogens is 262 g/mol. The lowest BCUT2D eigenvalue weighted by Gasteiger charge is -2.31. The molecule has 0 N–H and O–H groups in total.